The Labute approximate surface area is 88.2 Å². The van der Waals surface area contributed by atoms with Crippen molar-refractivity contribution in [1.82, 2.24) is 15.1 Å². The van der Waals surface area contributed by atoms with E-state index in [1.807, 2.05) is 0 Å². The summed E-state index contributed by atoms with van der Waals surface area (Å²) >= 11 is 0. The van der Waals surface area contributed by atoms with Crippen molar-refractivity contribution < 1.29 is 4.74 Å². The Kier molecular flexibility index (Phi) is 9.29. The predicted octanol–water partition coefficient (Wildman–Crippen LogP) is -0.284. The third kappa shape index (κ3) is 9.92. The molecule has 86 valence electrons. The SMILES string of the molecule is COCCN(C)CCNCCN(C)C. The van der Waals surface area contributed by atoms with Gasteiger partial charge in [-0.05, 0) is 21.1 Å². The van der Waals surface area contributed by atoms with E-state index in [2.05, 4.69) is 36.3 Å². The zero-order chi connectivity index (χ0) is 10.8. The Morgan fingerprint density at radius 3 is 2.21 bits per heavy atom. The molecule has 0 aliphatic carbocycles. The average Bonchev–Trinajstić information content (AvgIpc) is 2.13. The first kappa shape index (κ1) is 13.8. The fourth-order valence-electron chi connectivity index (χ4n) is 1.06. The fourth-order valence-corrected chi connectivity index (χ4v) is 1.06. The topological polar surface area (TPSA) is 27.7 Å². The number of hydrogen-bond acceptors (Lipinski definition) is 4. The average molecular weight is 203 g/mol. The molecule has 0 amide bonds. The highest BCUT2D eigenvalue weighted by molar-refractivity contribution is 4.55. The maximum Gasteiger partial charge on any atom is 0.0589 e. The molecule has 0 radical (unpaired) electrons. The molecule has 0 rings (SSSR count). The van der Waals surface area contributed by atoms with Crippen molar-refractivity contribution in [2.45, 2.75) is 0 Å². The summed E-state index contributed by atoms with van der Waals surface area (Å²) in [5.74, 6) is 0. The number of ether oxygens (including phenoxy) is 1. The van der Waals surface area contributed by atoms with Gasteiger partial charge < -0.3 is 19.9 Å². The van der Waals surface area contributed by atoms with Gasteiger partial charge in [0.2, 0.25) is 0 Å². The molecule has 1 N–H and O–H groups in total. The van der Waals surface area contributed by atoms with E-state index < -0.39 is 0 Å². The van der Waals surface area contributed by atoms with Crippen LogP contribution in [0.3, 0.4) is 0 Å². The quantitative estimate of drug-likeness (QED) is 0.522. The molecule has 0 aromatic rings. The fraction of sp³-hybridized carbons (Fsp3) is 1.00. The summed E-state index contributed by atoms with van der Waals surface area (Å²) in [5, 5.41) is 3.40. The largest absolute Gasteiger partial charge is 0.383 e. The molecule has 0 saturated heterocycles. The molecule has 4 nitrogen and oxygen atoms in total. The van der Waals surface area contributed by atoms with Gasteiger partial charge in [0.25, 0.3) is 0 Å². The summed E-state index contributed by atoms with van der Waals surface area (Å²) < 4.78 is 5.00. The van der Waals surface area contributed by atoms with Crippen molar-refractivity contribution in [3.63, 3.8) is 0 Å². The number of methoxy groups -OCH3 is 1. The van der Waals surface area contributed by atoms with Crippen molar-refractivity contribution in [3.05, 3.63) is 0 Å². The molecule has 0 bridgehead atoms. The van der Waals surface area contributed by atoms with Gasteiger partial charge in [-0.2, -0.15) is 0 Å². The maximum absolute atomic E-state index is 5.00. The molecule has 0 heterocycles. The van der Waals surface area contributed by atoms with Gasteiger partial charge in [-0.15, -0.1) is 0 Å². The highest BCUT2D eigenvalue weighted by Gasteiger charge is 1.96. The van der Waals surface area contributed by atoms with Gasteiger partial charge in [-0.3, -0.25) is 0 Å². The van der Waals surface area contributed by atoms with Gasteiger partial charge in [0.05, 0.1) is 6.61 Å². The van der Waals surface area contributed by atoms with Crippen LogP contribution in [0.1, 0.15) is 0 Å². The molecule has 0 aromatic carbocycles. The lowest BCUT2D eigenvalue weighted by Crippen LogP contribution is -2.34. The van der Waals surface area contributed by atoms with E-state index in [4.69, 9.17) is 4.74 Å². The van der Waals surface area contributed by atoms with Gasteiger partial charge in [-0.1, -0.05) is 0 Å². The maximum atomic E-state index is 5.00. The summed E-state index contributed by atoms with van der Waals surface area (Å²) in [7, 11) is 8.04. The second-order valence-electron chi connectivity index (χ2n) is 3.85. The van der Waals surface area contributed by atoms with Gasteiger partial charge in [-0.25, -0.2) is 0 Å². The molecule has 0 fully saturated rings. The molecule has 0 unspecified atom stereocenters. The normalized spacial score (nSPS) is 11.6. The summed E-state index contributed by atoms with van der Waals surface area (Å²) in [6.45, 7) is 6.11. The molecular weight excluding hydrogens is 178 g/mol. The van der Waals surface area contributed by atoms with Crippen LogP contribution in [0, 0.1) is 0 Å². The molecular formula is C10H25N3O. The van der Waals surface area contributed by atoms with Crippen molar-refractivity contribution in [2.24, 2.45) is 0 Å². The zero-order valence-corrected chi connectivity index (χ0v) is 10.0. The lowest BCUT2D eigenvalue weighted by molar-refractivity contribution is 0.161. The van der Waals surface area contributed by atoms with Crippen LogP contribution in [0.15, 0.2) is 0 Å². The van der Waals surface area contributed by atoms with Crippen LogP contribution < -0.4 is 5.32 Å². The van der Waals surface area contributed by atoms with E-state index in [9.17, 15) is 0 Å². The first-order valence-electron chi connectivity index (χ1n) is 5.19. The minimum atomic E-state index is 0.814. The minimum Gasteiger partial charge on any atom is -0.383 e. The van der Waals surface area contributed by atoms with E-state index in [-0.39, 0.29) is 0 Å². The van der Waals surface area contributed by atoms with Gasteiger partial charge in [0, 0.05) is 39.8 Å². The van der Waals surface area contributed by atoms with E-state index in [1.54, 1.807) is 7.11 Å². The Morgan fingerprint density at radius 2 is 1.64 bits per heavy atom. The number of rotatable bonds is 9. The lowest BCUT2D eigenvalue weighted by Gasteiger charge is -2.16. The second-order valence-corrected chi connectivity index (χ2v) is 3.85. The molecule has 0 saturated carbocycles. The second kappa shape index (κ2) is 9.40. The highest BCUT2D eigenvalue weighted by atomic mass is 16.5. The van der Waals surface area contributed by atoms with Gasteiger partial charge in [0.15, 0.2) is 0 Å². The Hall–Kier alpha value is -0.160. The van der Waals surface area contributed by atoms with E-state index in [0.29, 0.717) is 0 Å². The zero-order valence-electron chi connectivity index (χ0n) is 10.0. The standard InChI is InChI=1S/C10H25N3O/c1-12(2)7-5-11-6-8-13(3)9-10-14-4/h11H,5-10H2,1-4H3. The molecule has 0 aliphatic heterocycles. The van der Waals surface area contributed by atoms with Crippen LogP contribution in [0.2, 0.25) is 0 Å². The van der Waals surface area contributed by atoms with E-state index >= 15 is 0 Å². The smallest absolute Gasteiger partial charge is 0.0589 e. The first-order valence-corrected chi connectivity index (χ1v) is 5.19. The molecule has 0 aliphatic rings. The van der Waals surface area contributed by atoms with Crippen molar-refractivity contribution in [2.75, 3.05) is 67.6 Å². The molecule has 14 heavy (non-hydrogen) atoms. The van der Waals surface area contributed by atoms with E-state index in [0.717, 1.165) is 39.3 Å². The van der Waals surface area contributed by atoms with Crippen LogP contribution in [0.4, 0.5) is 0 Å². The summed E-state index contributed by atoms with van der Waals surface area (Å²) in [6.07, 6.45) is 0. The van der Waals surface area contributed by atoms with Gasteiger partial charge >= 0.3 is 0 Å². The molecule has 4 heteroatoms. The number of nitrogens with zero attached hydrogens (tertiary/aromatic N) is 2. The van der Waals surface area contributed by atoms with Crippen LogP contribution in [-0.2, 0) is 4.74 Å². The molecule has 0 aromatic heterocycles. The Bertz CT molecular complexity index is 120. The first-order chi connectivity index (χ1) is 6.66. The number of likely N-dealkylation sites (N-methyl/N-ethyl adjacent to an activating group) is 2. The number of nitrogens with one attached hydrogen (secondary N) is 1. The third-order valence-corrected chi connectivity index (χ3v) is 2.08. The van der Waals surface area contributed by atoms with Crippen molar-refractivity contribution in [3.8, 4) is 0 Å². The van der Waals surface area contributed by atoms with E-state index in [1.165, 1.54) is 0 Å². The van der Waals surface area contributed by atoms with Crippen molar-refractivity contribution in [1.29, 1.82) is 0 Å². The Morgan fingerprint density at radius 1 is 1.00 bits per heavy atom. The van der Waals surface area contributed by atoms with Crippen LogP contribution in [-0.4, -0.2) is 77.4 Å². The number of hydrogen-bond donors (Lipinski definition) is 1. The van der Waals surface area contributed by atoms with Crippen LogP contribution in [0.5, 0.6) is 0 Å². The predicted molar refractivity (Wildman–Crippen MR) is 60.8 cm³/mol. The highest BCUT2D eigenvalue weighted by Crippen LogP contribution is 1.80. The summed E-state index contributed by atoms with van der Waals surface area (Å²) in [4.78, 5) is 4.45. The van der Waals surface area contributed by atoms with Crippen LogP contribution in [0.25, 0.3) is 0 Å². The minimum absolute atomic E-state index is 0.814. The summed E-state index contributed by atoms with van der Waals surface area (Å²) in [5.41, 5.74) is 0. The van der Waals surface area contributed by atoms with Crippen LogP contribution >= 0.6 is 0 Å². The summed E-state index contributed by atoms with van der Waals surface area (Å²) in [6, 6.07) is 0. The molecule has 0 atom stereocenters. The monoisotopic (exact) mass is 203 g/mol. The van der Waals surface area contributed by atoms with Gasteiger partial charge in [0.1, 0.15) is 0 Å². The Balaban J connectivity index is 3.10. The lowest BCUT2D eigenvalue weighted by atomic mass is 10.5. The molecule has 0 spiro atoms. The third-order valence-electron chi connectivity index (χ3n) is 2.08. The van der Waals surface area contributed by atoms with Crippen molar-refractivity contribution >= 4 is 0 Å².